The average molecular weight is 236 g/mol. The molecule has 0 radical (unpaired) electrons. The number of rotatable bonds is 6. The van der Waals surface area contributed by atoms with E-state index in [-0.39, 0.29) is 0 Å². The average Bonchev–Trinajstić information content (AvgIpc) is 2.67. The topological polar surface area (TPSA) is 33.1 Å². The third-order valence-electron chi connectivity index (χ3n) is 3.95. The van der Waals surface area contributed by atoms with Crippen molar-refractivity contribution in [3.63, 3.8) is 0 Å². The fraction of sp³-hybridized carbons (Fsp3) is 0.769. The highest BCUT2D eigenvalue weighted by Crippen LogP contribution is 2.38. The zero-order chi connectivity index (χ0) is 12.3. The van der Waals surface area contributed by atoms with Crippen LogP contribution in [0.3, 0.4) is 0 Å². The summed E-state index contributed by atoms with van der Waals surface area (Å²) in [6.45, 7) is 4.21. The Labute approximate surface area is 104 Å². The van der Waals surface area contributed by atoms with Gasteiger partial charge in [0.1, 0.15) is 0 Å². The summed E-state index contributed by atoms with van der Waals surface area (Å²) in [5, 5.41) is 3.39. The van der Waals surface area contributed by atoms with E-state index in [1.165, 1.54) is 19.3 Å². The second-order valence-corrected chi connectivity index (χ2v) is 5.28. The zero-order valence-corrected chi connectivity index (χ0v) is 11.2. The molecule has 1 saturated carbocycles. The quantitative estimate of drug-likeness (QED) is 0.822. The molecule has 96 valence electrons. The molecule has 1 aromatic rings. The lowest BCUT2D eigenvalue weighted by Gasteiger charge is -2.47. The molecule has 1 N–H and O–H groups in total. The Bertz CT molecular complexity index is 352. The van der Waals surface area contributed by atoms with Crippen LogP contribution in [0, 0.1) is 0 Å². The normalized spacial score (nSPS) is 18.1. The van der Waals surface area contributed by atoms with Crippen LogP contribution in [-0.4, -0.2) is 40.6 Å². The minimum absolute atomic E-state index is 0.351. The molecule has 0 amide bonds. The zero-order valence-electron chi connectivity index (χ0n) is 11.2. The first-order chi connectivity index (χ1) is 8.18. The lowest BCUT2D eigenvalue weighted by Crippen LogP contribution is -2.53. The second-order valence-electron chi connectivity index (χ2n) is 5.28. The highest BCUT2D eigenvalue weighted by Gasteiger charge is 2.39. The van der Waals surface area contributed by atoms with Crippen molar-refractivity contribution in [2.45, 2.75) is 44.7 Å². The Balaban J connectivity index is 2.05. The molecule has 0 spiro atoms. The van der Waals surface area contributed by atoms with Gasteiger partial charge in [-0.3, -0.25) is 0 Å². The molecule has 1 fully saturated rings. The van der Waals surface area contributed by atoms with E-state index in [1.807, 2.05) is 6.20 Å². The molecule has 1 heterocycles. The van der Waals surface area contributed by atoms with Crippen LogP contribution in [0.25, 0.3) is 0 Å². The lowest BCUT2D eigenvalue weighted by atomic mass is 9.75. The highest BCUT2D eigenvalue weighted by atomic mass is 15.2. The predicted octanol–water partition coefficient (Wildman–Crippen LogP) is 2.19. The molecule has 0 bridgehead atoms. The van der Waals surface area contributed by atoms with Crippen LogP contribution >= 0.6 is 0 Å². The van der Waals surface area contributed by atoms with Crippen molar-refractivity contribution in [3.8, 4) is 0 Å². The Morgan fingerprint density at radius 3 is 2.76 bits per heavy atom. The minimum atomic E-state index is 0.351. The van der Waals surface area contributed by atoms with Crippen LogP contribution in [0.15, 0.2) is 12.4 Å². The summed E-state index contributed by atoms with van der Waals surface area (Å²) in [6.07, 6.45) is 9.05. The van der Waals surface area contributed by atoms with E-state index in [4.69, 9.17) is 0 Å². The summed E-state index contributed by atoms with van der Waals surface area (Å²) in [5.74, 6) is 1.01. The molecule has 2 rings (SSSR count). The van der Waals surface area contributed by atoms with Gasteiger partial charge in [-0.1, -0.05) is 6.92 Å². The monoisotopic (exact) mass is 236 g/mol. The van der Waals surface area contributed by atoms with Gasteiger partial charge in [0, 0.05) is 31.0 Å². The molecule has 0 aromatic carbocycles. The number of anilines is 1. The third kappa shape index (κ3) is 2.46. The molecule has 0 aliphatic heterocycles. The van der Waals surface area contributed by atoms with Gasteiger partial charge in [-0.2, -0.15) is 0 Å². The van der Waals surface area contributed by atoms with Crippen LogP contribution < -0.4 is 5.32 Å². The van der Waals surface area contributed by atoms with Crippen molar-refractivity contribution in [3.05, 3.63) is 12.4 Å². The SMILES string of the molecule is CCCNc1nccn1CC1(N(C)C)CCC1. The molecular formula is C13H24N4. The van der Waals surface area contributed by atoms with E-state index in [0.29, 0.717) is 5.54 Å². The number of hydrogen-bond acceptors (Lipinski definition) is 3. The standard InChI is InChI=1S/C13H24N4/c1-4-8-14-12-15-9-10-17(12)11-13(16(2)3)6-5-7-13/h9-10H,4-8,11H2,1-3H3,(H,14,15). The Kier molecular flexibility index (Phi) is 3.72. The van der Waals surface area contributed by atoms with E-state index < -0.39 is 0 Å². The number of hydrogen-bond donors (Lipinski definition) is 1. The van der Waals surface area contributed by atoms with E-state index in [0.717, 1.165) is 25.5 Å². The fourth-order valence-electron chi connectivity index (χ4n) is 2.49. The molecule has 0 atom stereocenters. The first kappa shape index (κ1) is 12.4. The van der Waals surface area contributed by atoms with E-state index in [1.54, 1.807) is 0 Å². The van der Waals surface area contributed by atoms with Gasteiger partial charge in [0.25, 0.3) is 0 Å². The summed E-state index contributed by atoms with van der Waals surface area (Å²) in [5.41, 5.74) is 0.351. The summed E-state index contributed by atoms with van der Waals surface area (Å²) in [7, 11) is 4.38. The summed E-state index contributed by atoms with van der Waals surface area (Å²) >= 11 is 0. The van der Waals surface area contributed by atoms with E-state index >= 15 is 0 Å². The smallest absolute Gasteiger partial charge is 0.202 e. The van der Waals surface area contributed by atoms with Crippen molar-refractivity contribution < 1.29 is 0 Å². The van der Waals surface area contributed by atoms with Crippen molar-refractivity contribution >= 4 is 5.95 Å². The van der Waals surface area contributed by atoms with Gasteiger partial charge in [0.15, 0.2) is 0 Å². The Hall–Kier alpha value is -1.03. The van der Waals surface area contributed by atoms with Gasteiger partial charge < -0.3 is 14.8 Å². The van der Waals surface area contributed by atoms with Crippen LogP contribution in [0.4, 0.5) is 5.95 Å². The molecule has 4 nitrogen and oxygen atoms in total. The number of likely N-dealkylation sites (N-methyl/N-ethyl adjacent to an activating group) is 1. The maximum Gasteiger partial charge on any atom is 0.202 e. The molecule has 17 heavy (non-hydrogen) atoms. The number of aromatic nitrogens is 2. The van der Waals surface area contributed by atoms with Gasteiger partial charge in [0.2, 0.25) is 5.95 Å². The number of nitrogens with one attached hydrogen (secondary N) is 1. The van der Waals surface area contributed by atoms with Gasteiger partial charge in [-0.15, -0.1) is 0 Å². The van der Waals surface area contributed by atoms with Crippen LogP contribution in [0.5, 0.6) is 0 Å². The van der Waals surface area contributed by atoms with E-state index in [9.17, 15) is 0 Å². The van der Waals surface area contributed by atoms with Crippen LogP contribution in [-0.2, 0) is 6.54 Å². The van der Waals surface area contributed by atoms with Crippen molar-refractivity contribution in [1.29, 1.82) is 0 Å². The minimum Gasteiger partial charge on any atom is -0.356 e. The largest absolute Gasteiger partial charge is 0.356 e. The molecule has 1 aliphatic carbocycles. The summed E-state index contributed by atoms with van der Waals surface area (Å²) in [4.78, 5) is 6.76. The Morgan fingerprint density at radius 2 is 2.24 bits per heavy atom. The van der Waals surface area contributed by atoms with Crippen LogP contribution in [0.1, 0.15) is 32.6 Å². The molecule has 0 unspecified atom stereocenters. The lowest BCUT2D eigenvalue weighted by molar-refractivity contribution is 0.0429. The fourth-order valence-corrected chi connectivity index (χ4v) is 2.49. The first-order valence-corrected chi connectivity index (χ1v) is 6.60. The molecule has 1 aliphatic rings. The van der Waals surface area contributed by atoms with E-state index in [2.05, 4.69) is 47.0 Å². The molecular weight excluding hydrogens is 212 g/mol. The Morgan fingerprint density at radius 1 is 1.47 bits per heavy atom. The van der Waals surface area contributed by atoms with Gasteiger partial charge in [-0.25, -0.2) is 4.98 Å². The summed E-state index contributed by atoms with van der Waals surface area (Å²) in [6, 6.07) is 0. The predicted molar refractivity (Wildman–Crippen MR) is 71.3 cm³/mol. The van der Waals surface area contributed by atoms with Crippen LogP contribution in [0.2, 0.25) is 0 Å². The maximum absolute atomic E-state index is 4.39. The summed E-state index contributed by atoms with van der Waals surface area (Å²) < 4.78 is 2.26. The van der Waals surface area contributed by atoms with Crippen molar-refractivity contribution in [1.82, 2.24) is 14.5 Å². The van der Waals surface area contributed by atoms with Crippen molar-refractivity contribution in [2.75, 3.05) is 26.0 Å². The second kappa shape index (κ2) is 5.08. The van der Waals surface area contributed by atoms with Gasteiger partial charge >= 0.3 is 0 Å². The molecule has 4 heteroatoms. The van der Waals surface area contributed by atoms with Crippen molar-refractivity contribution in [2.24, 2.45) is 0 Å². The number of nitrogens with zero attached hydrogens (tertiary/aromatic N) is 3. The first-order valence-electron chi connectivity index (χ1n) is 6.60. The molecule has 1 aromatic heterocycles. The highest BCUT2D eigenvalue weighted by molar-refractivity contribution is 5.26. The molecule has 0 saturated heterocycles. The van der Waals surface area contributed by atoms with Gasteiger partial charge in [0.05, 0.1) is 0 Å². The van der Waals surface area contributed by atoms with Gasteiger partial charge in [-0.05, 0) is 39.8 Å². The number of imidazole rings is 1. The third-order valence-corrected chi connectivity index (χ3v) is 3.95. The maximum atomic E-state index is 4.39.